The molecule has 2 rings (SSSR count). The molecule has 2 N–H and O–H groups in total. The first-order valence-corrected chi connectivity index (χ1v) is 7.93. The average Bonchev–Trinajstić information content (AvgIpc) is 2.89. The van der Waals surface area contributed by atoms with Crippen molar-refractivity contribution in [3.63, 3.8) is 0 Å². The molecule has 1 saturated heterocycles. The van der Waals surface area contributed by atoms with Crippen LogP contribution in [0.3, 0.4) is 0 Å². The Bertz CT molecular complexity index is 419. The summed E-state index contributed by atoms with van der Waals surface area (Å²) in [6.45, 7) is 2.91. The normalized spacial score (nSPS) is 20.9. The van der Waals surface area contributed by atoms with Crippen LogP contribution in [0.1, 0.15) is 57.3 Å². The molecule has 21 heavy (non-hydrogen) atoms. The van der Waals surface area contributed by atoms with Gasteiger partial charge < -0.3 is 19.7 Å². The number of aliphatic hydroxyl groups is 1. The van der Waals surface area contributed by atoms with E-state index in [1.165, 1.54) is 0 Å². The first-order chi connectivity index (χ1) is 10.2. The second-order valence-electron chi connectivity index (χ2n) is 5.79. The number of aliphatic hydroxyl groups excluding tert-OH is 1. The van der Waals surface area contributed by atoms with Gasteiger partial charge in [0.2, 0.25) is 0 Å². The van der Waals surface area contributed by atoms with Gasteiger partial charge in [0.25, 0.3) is 0 Å². The number of hydrogen-bond acceptors (Lipinski definition) is 3. The first kappa shape index (κ1) is 15.9. The molecule has 2 unspecified atom stereocenters. The van der Waals surface area contributed by atoms with Crippen molar-refractivity contribution in [1.82, 2.24) is 10.2 Å². The van der Waals surface area contributed by atoms with E-state index in [1.54, 1.807) is 6.26 Å². The number of carbonyl (C=O) groups is 1. The standard InChI is InChI=1S/C16H26N2O3/c1-13(7-5-11-19)17-16(20)18-10-4-2-3-8-14(18)15-9-6-12-21-15/h6,9,12-14,19H,2-5,7-8,10-11H2,1H3,(H,17,20). The fourth-order valence-electron chi connectivity index (χ4n) is 2.89. The molecule has 1 fully saturated rings. The Morgan fingerprint density at radius 2 is 2.38 bits per heavy atom. The maximum absolute atomic E-state index is 12.5. The van der Waals surface area contributed by atoms with Crippen molar-refractivity contribution >= 4 is 6.03 Å². The highest BCUT2D eigenvalue weighted by molar-refractivity contribution is 5.75. The lowest BCUT2D eigenvalue weighted by Crippen LogP contribution is -2.45. The minimum atomic E-state index is -0.0243. The zero-order chi connectivity index (χ0) is 15.1. The van der Waals surface area contributed by atoms with E-state index in [0.29, 0.717) is 6.42 Å². The van der Waals surface area contributed by atoms with Gasteiger partial charge in [-0.3, -0.25) is 0 Å². The maximum Gasteiger partial charge on any atom is 0.318 e. The third kappa shape index (κ3) is 4.49. The van der Waals surface area contributed by atoms with Gasteiger partial charge in [0, 0.05) is 19.2 Å². The third-order valence-electron chi connectivity index (χ3n) is 4.05. The zero-order valence-electron chi connectivity index (χ0n) is 12.8. The molecule has 1 aliphatic rings. The Hall–Kier alpha value is -1.49. The largest absolute Gasteiger partial charge is 0.467 e. The number of amides is 2. The fraction of sp³-hybridized carbons (Fsp3) is 0.688. The molecule has 2 atom stereocenters. The number of carbonyl (C=O) groups excluding carboxylic acids is 1. The lowest BCUT2D eigenvalue weighted by Gasteiger charge is -2.30. The molecule has 0 radical (unpaired) electrons. The average molecular weight is 294 g/mol. The molecule has 5 heteroatoms. The summed E-state index contributed by atoms with van der Waals surface area (Å²) in [5.74, 6) is 0.870. The summed E-state index contributed by atoms with van der Waals surface area (Å²) >= 11 is 0. The summed E-state index contributed by atoms with van der Waals surface area (Å²) in [4.78, 5) is 14.4. The van der Waals surface area contributed by atoms with E-state index >= 15 is 0 Å². The molecule has 118 valence electrons. The van der Waals surface area contributed by atoms with Crippen LogP contribution in [0.2, 0.25) is 0 Å². The van der Waals surface area contributed by atoms with Crippen LogP contribution in [0.4, 0.5) is 4.79 Å². The third-order valence-corrected chi connectivity index (χ3v) is 4.05. The molecular formula is C16H26N2O3. The van der Waals surface area contributed by atoms with E-state index in [1.807, 2.05) is 24.0 Å². The number of furan rings is 1. The first-order valence-electron chi connectivity index (χ1n) is 7.93. The van der Waals surface area contributed by atoms with Crippen molar-refractivity contribution in [3.05, 3.63) is 24.2 Å². The van der Waals surface area contributed by atoms with Crippen molar-refractivity contribution in [2.75, 3.05) is 13.2 Å². The predicted octanol–water partition coefficient (Wildman–Crippen LogP) is 3.07. The van der Waals surface area contributed by atoms with Gasteiger partial charge in [-0.05, 0) is 44.7 Å². The summed E-state index contributed by atoms with van der Waals surface area (Å²) in [7, 11) is 0. The Balaban J connectivity index is 2.00. The summed E-state index contributed by atoms with van der Waals surface area (Å²) < 4.78 is 5.52. The van der Waals surface area contributed by atoms with E-state index in [-0.39, 0.29) is 24.7 Å². The number of nitrogens with one attached hydrogen (secondary N) is 1. The number of likely N-dealkylation sites (tertiary alicyclic amines) is 1. The van der Waals surface area contributed by atoms with E-state index in [0.717, 1.165) is 44.4 Å². The monoisotopic (exact) mass is 294 g/mol. The van der Waals surface area contributed by atoms with Gasteiger partial charge in [0.15, 0.2) is 0 Å². The van der Waals surface area contributed by atoms with Gasteiger partial charge in [-0.25, -0.2) is 4.79 Å². The maximum atomic E-state index is 12.5. The molecule has 0 spiro atoms. The van der Waals surface area contributed by atoms with Gasteiger partial charge in [-0.1, -0.05) is 12.8 Å². The highest BCUT2D eigenvalue weighted by atomic mass is 16.3. The number of hydrogen-bond donors (Lipinski definition) is 2. The van der Waals surface area contributed by atoms with Crippen LogP contribution in [0.25, 0.3) is 0 Å². The Labute approximate surface area is 126 Å². The van der Waals surface area contributed by atoms with Crippen LogP contribution in [-0.2, 0) is 0 Å². The summed E-state index contributed by atoms with van der Waals surface area (Å²) in [6.07, 6.45) is 7.43. The quantitative estimate of drug-likeness (QED) is 0.877. The summed E-state index contributed by atoms with van der Waals surface area (Å²) in [5.41, 5.74) is 0. The molecular weight excluding hydrogens is 268 g/mol. The molecule has 5 nitrogen and oxygen atoms in total. The van der Waals surface area contributed by atoms with Crippen LogP contribution in [0, 0.1) is 0 Å². The molecule has 1 aromatic rings. The van der Waals surface area contributed by atoms with E-state index in [4.69, 9.17) is 9.52 Å². The lowest BCUT2D eigenvalue weighted by molar-refractivity contribution is 0.162. The van der Waals surface area contributed by atoms with Gasteiger partial charge >= 0.3 is 6.03 Å². The lowest BCUT2D eigenvalue weighted by atomic mass is 10.1. The molecule has 2 amide bonds. The molecule has 0 aliphatic carbocycles. The number of nitrogens with zero attached hydrogens (tertiary/aromatic N) is 1. The second kappa shape index (κ2) is 8.08. The second-order valence-corrected chi connectivity index (χ2v) is 5.79. The van der Waals surface area contributed by atoms with Crippen molar-refractivity contribution in [2.24, 2.45) is 0 Å². The zero-order valence-corrected chi connectivity index (χ0v) is 12.8. The number of rotatable bonds is 5. The van der Waals surface area contributed by atoms with Crippen LogP contribution >= 0.6 is 0 Å². The fourth-order valence-corrected chi connectivity index (χ4v) is 2.89. The predicted molar refractivity (Wildman–Crippen MR) is 80.9 cm³/mol. The van der Waals surface area contributed by atoms with Crippen molar-refractivity contribution in [3.8, 4) is 0 Å². The van der Waals surface area contributed by atoms with E-state index < -0.39 is 0 Å². The van der Waals surface area contributed by atoms with Crippen LogP contribution in [-0.4, -0.2) is 35.2 Å². The summed E-state index contributed by atoms with van der Waals surface area (Å²) in [6, 6.07) is 3.91. The van der Waals surface area contributed by atoms with Crippen LogP contribution in [0.5, 0.6) is 0 Å². The topological polar surface area (TPSA) is 65.7 Å². The van der Waals surface area contributed by atoms with E-state index in [2.05, 4.69) is 5.32 Å². The number of urea groups is 1. The van der Waals surface area contributed by atoms with Crippen LogP contribution in [0.15, 0.2) is 22.8 Å². The Morgan fingerprint density at radius 1 is 1.52 bits per heavy atom. The smallest absolute Gasteiger partial charge is 0.318 e. The Kier molecular flexibility index (Phi) is 6.11. The summed E-state index contributed by atoms with van der Waals surface area (Å²) in [5, 5.41) is 11.9. The minimum Gasteiger partial charge on any atom is -0.467 e. The highest BCUT2D eigenvalue weighted by Crippen LogP contribution is 2.30. The van der Waals surface area contributed by atoms with Gasteiger partial charge in [-0.15, -0.1) is 0 Å². The van der Waals surface area contributed by atoms with Crippen molar-refractivity contribution < 1.29 is 14.3 Å². The minimum absolute atomic E-state index is 0.0243. The molecule has 1 aromatic heterocycles. The molecule has 0 bridgehead atoms. The molecule has 0 saturated carbocycles. The van der Waals surface area contributed by atoms with Gasteiger partial charge in [0.05, 0.1) is 12.3 Å². The molecule has 1 aliphatic heterocycles. The highest BCUT2D eigenvalue weighted by Gasteiger charge is 2.29. The van der Waals surface area contributed by atoms with Crippen LogP contribution < -0.4 is 5.32 Å². The molecule has 2 heterocycles. The van der Waals surface area contributed by atoms with Gasteiger partial charge in [0.1, 0.15) is 5.76 Å². The van der Waals surface area contributed by atoms with Crippen molar-refractivity contribution in [1.29, 1.82) is 0 Å². The van der Waals surface area contributed by atoms with Gasteiger partial charge in [-0.2, -0.15) is 0 Å². The Morgan fingerprint density at radius 3 is 3.10 bits per heavy atom. The van der Waals surface area contributed by atoms with Crippen molar-refractivity contribution in [2.45, 2.75) is 57.5 Å². The SMILES string of the molecule is CC(CCCO)NC(=O)N1CCCCCC1c1ccco1. The van der Waals surface area contributed by atoms with E-state index in [9.17, 15) is 4.79 Å². The molecule has 0 aromatic carbocycles.